The second-order valence-electron chi connectivity index (χ2n) is 4.38. The van der Waals surface area contributed by atoms with Crippen LogP contribution in [-0.4, -0.2) is 21.1 Å². The fourth-order valence-corrected chi connectivity index (χ4v) is 1.80. The molecule has 0 unspecified atom stereocenters. The molecule has 0 bridgehead atoms. The van der Waals surface area contributed by atoms with Crippen LogP contribution in [0.2, 0.25) is 0 Å². The van der Waals surface area contributed by atoms with Crippen LogP contribution in [-0.2, 0) is 0 Å². The summed E-state index contributed by atoms with van der Waals surface area (Å²) in [5, 5.41) is 28.2. The summed E-state index contributed by atoms with van der Waals surface area (Å²) in [7, 11) is 0. The van der Waals surface area contributed by atoms with Crippen LogP contribution in [0.25, 0.3) is 6.08 Å². The summed E-state index contributed by atoms with van der Waals surface area (Å²) in [6.45, 7) is 1.92. The van der Waals surface area contributed by atoms with E-state index < -0.39 is 23.0 Å². The van der Waals surface area contributed by atoms with Gasteiger partial charge in [-0.1, -0.05) is 30.3 Å². The van der Waals surface area contributed by atoms with Gasteiger partial charge in [-0.25, -0.2) is 0 Å². The Kier molecular flexibility index (Phi) is 3.75. The number of ketones is 1. The van der Waals surface area contributed by atoms with Crippen LogP contribution in [0.5, 0.6) is 17.2 Å². The molecule has 2 aromatic rings. The molecule has 0 spiro atoms. The number of phenols is 3. The molecule has 0 amide bonds. The number of hydrogen-bond donors (Lipinski definition) is 3. The lowest BCUT2D eigenvalue weighted by molar-refractivity contribution is 0.104. The van der Waals surface area contributed by atoms with Gasteiger partial charge in [-0.05, 0) is 36.3 Å². The highest BCUT2D eigenvalue weighted by Crippen LogP contribution is 2.37. The molecule has 0 aliphatic rings. The minimum atomic E-state index is -0.694. The van der Waals surface area contributed by atoms with Gasteiger partial charge in [0.25, 0.3) is 0 Å². The standard InChI is InChI=1S/C16H14O4/c1-10-4-2-3-5-11(10)6-8-13(17)12-7-9-14(18)16(20)15(12)19/h2-9,18-20H,1H3/b8-6+. The molecule has 0 aliphatic heterocycles. The van der Waals surface area contributed by atoms with Crippen LogP contribution in [0.4, 0.5) is 0 Å². The van der Waals surface area contributed by atoms with Crippen molar-refractivity contribution in [2.75, 3.05) is 0 Å². The first kappa shape index (κ1) is 13.7. The Balaban J connectivity index is 2.30. The molecule has 2 aromatic carbocycles. The maximum atomic E-state index is 12.0. The second-order valence-corrected chi connectivity index (χ2v) is 4.38. The number of hydrogen-bond acceptors (Lipinski definition) is 4. The molecule has 4 nitrogen and oxygen atoms in total. The summed E-state index contributed by atoms with van der Waals surface area (Å²) >= 11 is 0. The van der Waals surface area contributed by atoms with Crippen LogP contribution < -0.4 is 0 Å². The molecule has 20 heavy (non-hydrogen) atoms. The predicted molar refractivity (Wildman–Crippen MR) is 76.0 cm³/mol. The van der Waals surface area contributed by atoms with Gasteiger partial charge >= 0.3 is 0 Å². The van der Waals surface area contributed by atoms with Crippen molar-refractivity contribution in [2.45, 2.75) is 6.92 Å². The van der Waals surface area contributed by atoms with Gasteiger partial charge in [-0.15, -0.1) is 0 Å². The quantitative estimate of drug-likeness (QED) is 0.455. The fraction of sp³-hybridized carbons (Fsp3) is 0.0625. The third-order valence-electron chi connectivity index (χ3n) is 3.00. The first-order chi connectivity index (χ1) is 9.50. The topological polar surface area (TPSA) is 77.8 Å². The first-order valence-corrected chi connectivity index (χ1v) is 6.02. The minimum Gasteiger partial charge on any atom is -0.504 e. The predicted octanol–water partition coefficient (Wildman–Crippen LogP) is 3.01. The third-order valence-corrected chi connectivity index (χ3v) is 3.00. The van der Waals surface area contributed by atoms with Crippen molar-refractivity contribution in [1.82, 2.24) is 0 Å². The van der Waals surface area contributed by atoms with Crippen molar-refractivity contribution in [3.8, 4) is 17.2 Å². The first-order valence-electron chi connectivity index (χ1n) is 6.02. The Morgan fingerprint density at radius 2 is 1.70 bits per heavy atom. The van der Waals surface area contributed by atoms with E-state index in [0.717, 1.165) is 17.2 Å². The van der Waals surface area contributed by atoms with E-state index in [9.17, 15) is 20.1 Å². The summed E-state index contributed by atoms with van der Waals surface area (Å²) in [5.74, 6) is -2.24. The zero-order chi connectivity index (χ0) is 14.7. The Hall–Kier alpha value is -2.75. The molecule has 4 heteroatoms. The largest absolute Gasteiger partial charge is 0.504 e. The van der Waals surface area contributed by atoms with Crippen molar-refractivity contribution >= 4 is 11.9 Å². The molecular weight excluding hydrogens is 256 g/mol. The van der Waals surface area contributed by atoms with Gasteiger partial charge in [0.05, 0.1) is 5.56 Å². The molecule has 0 aromatic heterocycles. The highest BCUT2D eigenvalue weighted by Gasteiger charge is 2.15. The van der Waals surface area contributed by atoms with Crippen molar-refractivity contribution < 1.29 is 20.1 Å². The average molecular weight is 270 g/mol. The van der Waals surface area contributed by atoms with Crippen LogP contribution in [0.3, 0.4) is 0 Å². The number of aryl methyl sites for hydroxylation is 1. The zero-order valence-corrected chi connectivity index (χ0v) is 10.9. The maximum Gasteiger partial charge on any atom is 0.201 e. The Labute approximate surface area is 116 Å². The van der Waals surface area contributed by atoms with E-state index >= 15 is 0 Å². The van der Waals surface area contributed by atoms with Crippen LogP contribution in [0, 0.1) is 6.92 Å². The number of allylic oxidation sites excluding steroid dienone is 1. The van der Waals surface area contributed by atoms with Crippen LogP contribution in [0.15, 0.2) is 42.5 Å². The van der Waals surface area contributed by atoms with Crippen molar-refractivity contribution in [2.24, 2.45) is 0 Å². The van der Waals surface area contributed by atoms with Crippen LogP contribution in [0.1, 0.15) is 21.5 Å². The highest BCUT2D eigenvalue weighted by atomic mass is 16.3. The number of carbonyl (C=O) groups is 1. The molecule has 2 rings (SSSR count). The lowest BCUT2D eigenvalue weighted by Crippen LogP contribution is -1.95. The second kappa shape index (κ2) is 5.48. The van der Waals surface area contributed by atoms with E-state index in [1.807, 2.05) is 31.2 Å². The number of rotatable bonds is 3. The smallest absolute Gasteiger partial charge is 0.201 e. The number of phenolic OH excluding ortho intramolecular Hbond substituents is 3. The molecular formula is C16H14O4. The van der Waals surface area contributed by atoms with Gasteiger partial charge in [0.15, 0.2) is 17.3 Å². The SMILES string of the molecule is Cc1ccccc1/C=C/C(=O)c1ccc(O)c(O)c1O. The van der Waals surface area contributed by atoms with E-state index in [1.54, 1.807) is 6.08 Å². The molecule has 0 heterocycles. The third kappa shape index (κ3) is 2.64. The molecule has 0 aliphatic carbocycles. The number of aromatic hydroxyl groups is 3. The summed E-state index contributed by atoms with van der Waals surface area (Å²) in [6, 6.07) is 9.97. The number of carbonyl (C=O) groups excluding carboxylic acids is 1. The van der Waals surface area contributed by atoms with E-state index in [-0.39, 0.29) is 5.56 Å². The normalized spacial score (nSPS) is 10.8. The summed E-state index contributed by atoms with van der Waals surface area (Å²) in [4.78, 5) is 12.0. The Morgan fingerprint density at radius 1 is 1.00 bits per heavy atom. The fourth-order valence-electron chi connectivity index (χ4n) is 1.80. The molecule has 0 radical (unpaired) electrons. The Morgan fingerprint density at radius 3 is 2.40 bits per heavy atom. The van der Waals surface area contributed by atoms with E-state index in [1.165, 1.54) is 12.1 Å². The van der Waals surface area contributed by atoms with Crippen molar-refractivity contribution in [3.63, 3.8) is 0 Å². The van der Waals surface area contributed by atoms with E-state index in [4.69, 9.17) is 0 Å². The van der Waals surface area contributed by atoms with Gasteiger partial charge in [-0.3, -0.25) is 4.79 Å². The number of benzene rings is 2. The van der Waals surface area contributed by atoms with Gasteiger partial charge in [-0.2, -0.15) is 0 Å². The highest BCUT2D eigenvalue weighted by molar-refractivity contribution is 6.09. The van der Waals surface area contributed by atoms with Gasteiger partial charge in [0.1, 0.15) is 0 Å². The van der Waals surface area contributed by atoms with Crippen LogP contribution >= 0.6 is 0 Å². The van der Waals surface area contributed by atoms with E-state index in [2.05, 4.69) is 0 Å². The van der Waals surface area contributed by atoms with Crippen molar-refractivity contribution in [3.05, 3.63) is 59.2 Å². The zero-order valence-electron chi connectivity index (χ0n) is 10.9. The molecule has 0 atom stereocenters. The lowest BCUT2D eigenvalue weighted by atomic mass is 10.0. The molecule has 0 fully saturated rings. The molecule has 0 saturated carbocycles. The summed E-state index contributed by atoms with van der Waals surface area (Å²) in [5.41, 5.74) is 1.85. The van der Waals surface area contributed by atoms with Crippen molar-refractivity contribution in [1.29, 1.82) is 0 Å². The molecule has 102 valence electrons. The minimum absolute atomic E-state index is 0.0647. The van der Waals surface area contributed by atoms with Gasteiger partial charge in [0.2, 0.25) is 5.75 Å². The Bertz CT molecular complexity index is 687. The molecule has 3 N–H and O–H groups in total. The average Bonchev–Trinajstić information content (AvgIpc) is 2.44. The monoisotopic (exact) mass is 270 g/mol. The van der Waals surface area contributed by atoms with E-state index in [0.29, 0.717) is 0 Å². The summed E-state index contributed by atoms with van der Waals surface area (Å²) < 4.78 is 0. The maximum absolute atomic E-state index is 12.0. The van der Waals surface area contributed by atoms with Gasteiger partial charge < -0.3 is 15.3 Å². The summed E-state index contributed by atoms with van der Waals surface area (Å²) in [6.07, 6.45) is 2.95. The van der Waals surface area contributed by atoms with Gasteiger partial charge in [0, 0.05) is 0 Å². The lowest BCUT2D eigenvalue weighted by Gasteiger charge is -2.04. The molecule has 0 saturated heterocycles.